The molecule has 0 spiro atoms. The van der Waals surface area contributed by atoms with Crippen LogP contribution >= 0.6 is 0 Å². The van der Waals surface area contributed by atoms with Gasteiger partial charge in [0, 0.05) is 50.6 Å². The lowest BCUT2D eigenvalue weighted by atomic mass is 10.1. The predicted octanol–water partition coefficient (Wildman–Crippen LogP) is 2.46. The second-order valence-corrected chi connectivity index (χ2v) is 6.36. The van der Waals surface area contributed by atoms with Gasteiger partial charge in [-0.3, -0.25) is 14.7 Å². The van der Waals surface area contributed by atoms with Crippen molar-refractivity contribution in [2.24, 2.45) is 0 Å². The molecule has 27 heavy (non-hydrogen) atoms. The maximum absolute atomic E-state index is 12.5. The summed E-state index contributed by atoms with van der Waals surface area (Å²) in [5.74, 6) is 1.45. The van der Waals surface area contributed by atoms with Gasteiger partial charge >= 0.3 is 0 Å². The molecular formula is C21H25N3O3. The number of carbonyl (C=O) groups is 1. The normalized spacial score (nSPS) is 15.1. The van der Waals surface area contributed by atoms with Crippen LogP contribution in [0.5, 0.6) is 11.5 Å². The Morgan fingerprint density at radius 2 is 1.93 bits per heavy atom. The number of piperazine rings is 1. The van der Waals surface area contributed by atoms with Crippen LogP contribution in [-0.2, 0) is 11.3 Å². The Morgan fingerprint density at radius 3 is 2.59 bits per heavy atom. The van der Waals surface area contributed by atoms with E-state index < -0.39 is 0 Å². The minimum atomic E-state index is 0.0114. The van der Waals surface area contributed by atoms with Crippen molar-refractivity contribution in [1.82, 2.24) is 14.8 Å². The van der Waals surface area contributed by atoms with Gasteiger partial charge in [0.25, 0.3) is 0 Å². The molecule has 0 unspecified atom stereocenters. The van der Waals surface area contributed by atoms with E-state index in [1.54, 1.807) is 26.4 Å². The Bertz CT molecular complexity index is 785. The molecule has 0 saturated carbocycles. The Morgan fingerprint density at radius 1 is 1.11 bits per heavy atom. The third kappa shape index (κ3) is 5.08. The first kappa shape index (κ1) is 18.9. The molecule has 1 saturated heterocycles. The van der Waals surface area contributed by atoms with Gasteiger partial charge in [-0.25, -0.2) is 0 Å². The van der Waals surface area contributed by atoms with E-state index in [-0.39, 0.29) is 5.91 Å². The highest BCUT2D eigenvalue weighted by molar-refractivity contribution is 5.92. The Hall–Kier alpha value is -2.86. The summed E-state index contributed by atoms with van der Waals surface area (Å²) in [4.78, 5) is 21.1. The highest BCUT2D eigenvalue weighted by Gasteiger charge is 2.20. The number of hydrogen-bond donors (Lipinski definition) is 0. The molecule has 0 atom stereocenters. The summed E-state index contributed by atoms with van der Waals surface area (Å²) in [5.41, 5.74) is 1.88. The van der Waals surface area contributed by atoms with Crippen molar-refractivity contribution in [3.63, 3.8) is 0 Å². The van der Waals surface area contributed by atoms with Gasteiger partial charge in [0.1, 0.15) is 11.5 Å². The fraction of sp³-hybridized carbons (Fsp3) is 0.333. The smallest absolute Gasteiger partial charge is 0.246 e. The number of benzene rings is 1. The van der Waals surface area contributed by atoms with Crippen LogP contribution in [0.15, 0.2) is 48.7 Å². The molecule has 1 aromatic carbocycles. The maximum atomic E-state index is 12.5. The van der Waals surface area contributed by atoms with Crippen LogP contribution < -0.4 is 9.47 Å². The van der Waals surface area contributed by atoms with Gasteiger partial charge in [0.15, 0.2) is 0 Å². The zero-order valence-corrected chi connectivity index (χ0v) is 15.8. The third-order valence-electron chi connectivity index (χ3n) is 4.64. The largest absolute Gasteiger partial charge is 0.497 e. The minimum absolute atomic E-state index is 0.0114. The van der Waals surface area contributed by atoms with Crippen LogP contribution in [0.3, 0.4) is 0 Å². The van der Waals surface area contributed by atoms with E-state index in [4.69, 9.17) is 9.47 Å². The highest BCUT2D eigenvalue weighted by atomic mass is 16.5. The molecule has 2 heterocycles. The Labute approximate surface area is 160 Å². The molecule has 0 radical (unpaired) electrons. The van der Waals surface area contributed by atoms with Crippen LogP contribution in [0.1, 0.15) is 11.3 Å². The van der Waals surface area contributed by atoms with Crippen LogP contribution in [0.4, 0.5) is 0 Å². The quantitative estimate of drug-likeness (QED) is 0.734. The van der Waals surface area contributed by atoms with Gasteiger partial charge in [0.2, 0.25) is 5.91 Å². The van der Waals surface area contributed by atoms with E-state index in [1.807, 2.05) is 47.5 Å². The summed E-state index contributed by atoms with van der Waals surface area (Å²) < 4.78 is 10.6. The topological polar surface area (TPSA) is 54.9 Å². The first-order valence-corrected chi connectivity index (χ1v) is 9.01. The summed E-state index contributed by atoms with van der Waals surface area (Å²) in [6.07, 6.45) is 5.20. The van der Waals surface area contributed by atoms with Crippen molar-refractivity contribution in [2.45, 2.75) is 6.54 Å². The fourth-order valence-electron chi connectivity index (χ4n) is 3.08. The average molecular weight is 367 g/mol. The number of methoxy groups -OCH3 is 2. The number of aromatic nitrogens is 1. The molecule has 0 bridgehead atoms. The molecule has 1 aliphatic rings. The number of nitrogens with zero attached hydrogens (tertiary/aromatic N) is 3. The second kappa shape index (κ2) is 9.19. The lowest BCUT2D eigenvalue weighted by Gasteiger charge is -2.34. The molecule has 3 rings (SSSR count). The molecule has 0 aliphatic carbocycles. The van der Waals surface area contributed by atoms with Crippen molar-refractivity contribution in [1.29, 1.82) is 0 Å². The van der Waals surface area contributed by atoms with E-state index in [2.05, 4.69) is 9.88 Å². The predicted molar refractivity (Wildman–Crippen MR) is 105 cm³/mol. The summed E-state index contributed by atoms with van der Waals surface area (Å²) in [6.45, 7) is 3.94. The van der Waals surface area contributed by atoms with Crippen molar-refractivity contribution in [3.05, 3.63) is 59.9 Å². The van der Waals surface area contributed by atoms with Crippen molar-refractivity contribution < 1.29 is 14.3 Å². The van der Waals surface area contributed by atoms with Gasteiger partial charge in [-0.05, 0) is 36.4 Å². The number of amides is 1. The van der Waals surface area contributed by atoms with Crippen LogP contribution in [-0.4, -0.2) is 61.1 Å². The molecule has 1 amide bonds. The Balaban J connectivity index is 1.56. The fourth-order valence-corrected chi connectivity index (χ4v) is 3.08. The van der Waals surface area contributed by atoms with Gasteiger partial charge in [-0.15, -0.1) is 0 Å². The number of rotatable bonds is 6. The van der Waals surface area contributed by atoms with E-state index in [9.17, 15) is 4.79 Å². The first-order valence-electron chi connectivity index (χ1n) is 9.01. The zero-order valence-electron chi connectivity index (χ0n) is 15.8. The van der Waals surface area contributed by atoms with Crippen molar-refractivity contribution in [2.75, 3.05) is 40.4 Å². The lowest BCUT2D eigenvalue weighted by molar-refractivity contribution is -0.127. The molecule has 1 fully saturated rings. The van der Waals surface area contributed by atoms with Gasteiger partial charge < -0.3 is 14.4 Å². The van der Waals surface area contributed by atoms with E-state index >= 15 is 0 Å². The molecule has 142 valence electrons. The SMILES string of the molecule is COc1ccc(OC)c(/C=C/C(=O)N2CCN(Cc3ccccn3)CC2)c1. The van der Waals surface area contributed by atoms with Crippen molar-refractivity contribution in [3.8, 4) is 11.5 Å². The van der Waals surface area contributed by atoms with Crippen LogP contribution in [0, 0.1) is 0 Å². The highest BCUT2D eigenvalue weighted by Crippen LogP contribution is 2.25. The monoisotopic (exact) mass is 367 g/mol. The summed E-state index contributed by atoms with van der Waals surface area (Å²) in [6, 6.07) is 11.5. The van der Waals surface area contributed by atoms with Gasteiger partial charge in [-0.2, -0.15) is 0 Å². The summed E-state index contributed by atoms with van der Waals surface area (Å²) in [7, 11) is 3.23. The lowest BCUT2D eigenvalue weighted by Crippen LogP contribution is -2.47. The van der Waals surface area contributed by atoms with E-state index in [0.29, 0.717) is 18.8 Å². The molecule has 1 aromatic heterocycles. The summed E-state index contributed by atoms with van der Waals surface area (Å²) in [5, 5.41) is 0. The zero-order chi connectivity index (χ0) is 19.1. The summed E-state index contributed by atoms with van der Waals surface area (Å²) >= 11 is 0. The second-order valence-electron chi connectivity index (χ2n) is 6.36. The third-order valence-corrected chi connectivity index (χ3v) is 4.64. The van der Waals surface area contributed by atoms with E-state index in [1.165, 1.54) is 0 Å². The number of carbonyl (C=O) groups excluding carboxylic acids is 1. The average Bonchev–Trinajstić information content (AvgIpc) is 2.73. The molecule has 6 heteroatoms. The molecule has 0 N–H and O–H groups in total. The molecule has 6 nitrogen and oxygen atoms in total. The van der Waals surface area contributed by atoms with Crippen molar-refractivity contribution >= 4 is 12.0 Å². The Kier molecular flexibility index (Phi) is 6.44. The standard InChI is InChI=1S/C21H25N3O3/c1-26-19-7-8-20(27-2)17(15-19)6-9-21(25)24-13-11-23(12-14-24)16-18-5-3-4-10-22-18/h3-10,15H,11-14,16H2,1-2H3/b9-6+. The number of pyridine rings is 1. The van der Waals surface area contributed by atoms with Crippen LogP contribution in [0.25, 0.3) is 6.08 Å². The number of hydrogen-bond acceptors (Lipinski definition) is 5. The van der Waals surface area contributed by atoms with Gasteiger partial charge in [0.05, 0.1) is 19.9 Å². The van der Waals surface area contributed by atoms with Gasteiger partial charge in [-0.1, -0.05) is 6.07 Å². The number of ether oxygens (including phenoxy) is 2. The minimum Gasteiger partial charge on any atom is -0.497 e. The first-order chi connectivity index (χ1) is 13.2. The van der Waals surface area contributed by atoms with Crippen LogP contribution in [0.2, 0.25) is 0 Å². The maximum Gasteiger partial charge on any atom is 0.246 e. The molecule has 2 aromatic rings. The van der Waals surface area contributed by atoms with E-state index in [0.717, 1.165) is 36.6 Å². The molecule has 1 aliphatic heterocycles. The molecular weight excluding hydrogens is 342 g/mol.